The summed E-state index contributed by atoms with van der Waals surface area (Å²) in [6, 6.07) is 4.21. The van der Waals surface area contributed by atoms with Crippen LogP contribution in [0.2, 0.25) is 0 Å². The van der Waals surface area contributed by atoms with Crippen molar-refractivity contribution in [1.29, 1.82) is 5.41 Å². The second-order valence-electron chi connectivity index (χ2n) is 4.38. The molecule has 0 bridgehead atoms. The van der Waals surface area contributed by atoms with E-state index >= 15 is 0 Å². The Morgan fingerprint density at radius 3 is 2.57 bits per heavy atom. The van der Waals surface area contributed by atoms with E-state index < -0.39 is 24.3 Å². The molecule has 9 heteroatoms. The zero-order valence-electron chi connectivity index (χ0n) is 10.8. The van der Waals surface area contributed by atoms with Crippen LogP contribution in [0.5, 0.6) is 5.75 Å². The number of ether oxygens (including phenoxy) is 1. The topological polar surface area (TPSA) is 56.6 Å². The number of nitrogens with one attached hydrogen (secondary N) is 1. The SMILES string of the molecule is CN1CC(=N)N(c2cccc(OC(F)(F)C(F)F)c2)C1=O. The minimum Gasteiger partial charge on any atom is -0.428 e. The number of rotatable bonds is 4. The molecule has 1 aliphatic rings. The number of carbonyl (C=O) groups excluding carboxylic acids is 1. The smallest absolute Gasteiger partial charge is 0.428 e. The van der Waals surface area contributed by atoms with Crippen LogP contribution in [0.15, 0.2) is 24.3 Å². The third kappa shape index (κ3) is 2.91. The Morgan fingerprint density at radius 2 is 2.05 bits per heavy atom. The molecule has 114 valence electrons. The molecule has 1 aromatic carbocycles. The Morgan fingerprint density at radius 1 is 1.38 bits per heavy atom. The molecule has 0 radical (unpaired) electrons. The van der Waals surface area contributed by atoms with Gasteiger partial charge in [-0.1, -0.05) is 6.07 Å². The Labute approximate surface area is 117 Å². The van der Waals surface area contributed by atoms with Crippen molar-refractivity contribution in [3.63, 3.8) is 0 Å². The maximum Gasteiger partial charge on any atom is 0.461 e. The van der Waals surface area contributed by atoms with Crippen LogP contribution in [0.25, 0.3) is 0 Å². The highest BCUT2D eigenvalue weighted by Crippen LogP contribution is 2.30. The lowest BCUT2D eigenvalue weighted by atomic mass is 10.2. The number of amides is 2. The fourth-order valence-electron chi connectivity index (χ4n) is 1.80. The van der Waals surface area contributed by atoms with E-state index in [1.54, 1.807) is 0 Å². The van der Waals surface area contributed by atoms with Crippen molar-refractivity contribution in [3.05, 3.63) is 24.3 Å². The number of carbonyl (C=O) groups is 1. The van der Waals surface area contributed by atoms with Crippen molar-refractivity contribution < 1.29 is 27.1 Å². The molecule has 1 aliphatic heterocycles. The highest BCUT2D eigenvalue weighted by molar-refractivity contribution is 6.20. The second-order valence-corrected chi connectivity index (χ2v) is 4.38. The molecule has 1 aromatic rings. The molecular formula is C12H11F4N3O2. The van der Waals surface area contributed by atoms with E-state index in [2.05, 4.69) is 4.74 Å². The van der Waals surface area contributed by atoms with Crippen LogP contribution in [0.4, 0.5) is 28.0 Å². The van der Waals surface area contributed by atoms with E-state index in [1.165, 1.54) is 24.1 Å². The molecular weight excluding hydrogens is 294 g/mol. The lowest BCUT2D eigenvalue weighted by molar-refractivity contribution is -0.253. The minimum absolute atomic E-state index is 0.0553. The molecule has 0 spiro atoms. The maximum atomic E-state index is 12.9. The molecule has 0 aromatic heterocycles. The largest absolute Gasteiger partial charge is 0.461 e. The van der Waals surface area contributed by atoms with Crippen molar-refractivity contribution in [1.82, 2.24) is 4.90 Å². The molecule has 0 saturated carbocycles. The molecule has 0 unspecified atom stereocenters. The van der Waals surface area contributed by atoms with E-state index in [-0.39, 0.29) is 18.1 Å². The summed E-state index contributed by atoms with van der Waals surface area (Å²) < 4.78 is 53.9. The summed E-state index contributed by atoms with van der Waals surface area (Å²) in [6.07, 6.45) is -8.60. The number of benzene rings is 1. The van der Waals surface area contributed by atoms with Crippen LogP contribution >= 0.6 is 0 Å². The van der Waals surface area contributed by atoms with Gasteiger partial charge in [-0.25, -0.2) is 9.69 Å². The number of halogens is 4. The first-order chi connectivity index (χ1) is 9.72. The molecule has 1 fully saturated rings. The monoisotopic (exact) mass is 305 g/mol. The van der Waals surface area contributed by atoms with Gasteiger partial charge < -0.3 is 9.64 Å². The highest BCUT2D eigenvalue weighted by atomic mass is 19.3. The quantitative estimate of drug-likeness (QED) is 0.870. The van der Waals surface area contributed by atoms with Gasteiger partial charge in [0.25, 0.3) is 0 Å². The number of hydrogen-bond acceptors (Lipinski definition) is 3. The summed E-state index contributed by atoms with van der Waals surface area (Å²) in [5.74, 6) is -0.576. The zero-order valence-corrected chi connectivity index (χ0v) is 10.8. The van der Waals surface area contributed by atoms with Gasteiger partial charge in [-0.2, -0.15) is 17.6 Å². The maximum absolute atomic E-state index is 12.9. The first kappa shape index (κ1) is 15.1. The summed E-state index contributed by atoms with van der Waals surface area (Å²) in [4.78, 5) is 14.1. The van der Waals surface area contributed by atoms with Crippen LogP contribution < -0.4 is 9.64 Å². The Balaban J connectivity index is 2.26. The fourth-order valence-corrected chi connectivity index (χ4v) is 1.80. The number of anilines is 1. The van der Waals surface area contributed by atoms with Gasteiger partial charge in [-0.15, -0.1) is 0 Å². The Kier molecular flexibility index (Phi) is 3.75. The van der Waals surface area contributed by atoms with Gasteiger partial charge in [0.05, 0.1) is 12.2 Å². The van der Waals surface area contributed by atoms with E-state index in [4.69, 9.17) is 5.41 Å². The van der Waals surface area contributed by atoms with E-state index in [1.807, 2.05) is 0 Å². The molecule has 21 heavy (non-hydrogen) atoms. The van der Waals surface area contributed by atoms with Gasteiger partial charge in [-0.3, -0.25) is 5.41 Å². The average molecular weight is 305 g/mol. The standard InChI is InChI=1S/C12H11F4N3O2/c1-18-6-9(17)19(11(18)20)7-3-2-4-8(5-7)21-12(15,16)10(13)14/h2-5,10,17H,6H2,1H3. The molecule has 1 heterocycles. The van der Waals surface area contributed by atoms with E-state index in [0.29, 0.717) is 0 Å². The molecule has 1 saturated heterocycles. The van der Waals surface area contributed by atoms with Crippen LogP contribution in [-0.2, 0) is 0 Å². The molecule has 2 amide bonds. The summed E-state index contributed by atoms with van der Waals surface area (Å²) in [5.41, 5.74) is 0.0944. The first-order valence-electron chi connectivity index (χ1n) is 5.80. The lowest BCUT2D eigenvalue weighted by Gasteiger charge is -2.19. The number of alkyl halides is 4. The van der Waals surface area contributed by atoms with Crippen molar-refractivity contribution in [2.75, 3.05) is 18.5 Å². The lowest BCUT2D eigenvalue weighted by Crippen LogP contribution is -2.34. The number of likely N-dealkylation sites (N-methyl/N-ethyl adjacent to an activating group) is 1. The molecule has 0 atom stereocenters. The second kappa shape index (κ2) is 5.23. The minimum atomic E-state index is -4.63. The average Bonchev–Trinajstić information content (AvgIpc) is 2.62. The van der Waals surface area contributed by atoms with Crippen LogP contribution in [0.1, 0.15) is 0 Å². The van der Waals surface area contributed by atoms with E-state index in [0.717, 1.165) is 17.0 Å². The van der Waals surface area contributed by atoms with Gasteiger partial charge in [0.15, 0.2) is 0 Å². The van der Waals surface area contributed by atoms with Crippen molar-refractivity contribution >= 4 is 17.6 Å². The molecule has 2 rings (SSSR count). The molecule has 1 N–H and O–H groups in total. The number of amidine groups is 1. The van der Waals surface area contributed by atoms with Crippen molar-refractivity contribution in [3.8, 4) is 5.75 Å². The third-order valence-electron chi connectivity index (χ3n) is 2.76. The Hall–Kier alpha value is -2.32. The summed E-state index contributed by atoms with van der Waals surface area (Å²) in [6.45, 7) is 0.0666. The van der Waals surface area contributed by atoms with Crippen molar-refractivity contribution in [2.24, 2.45) is 0 Å². The van der Waals surface area contributed by atoms with Crippen LogP contribution in [-0.4, -0.2) is 42.9 Å². The first-order valence-corrected chi connectivity index (χ1v) is 5.80. The highest BCUT2D eigenvalue weighted by Gasteiger charge is 2.44. The molecule has 5 nitrogen and oxygen atoms in total. The predicted molar refractivity (Wildman–Crippen MR) is 66.3 cm³/mol. The van der Waals surface area contributed by atoms with Crippen molar-refractivity contribution in [2.45, 2.75) is 12.5 Å². The van der Waals surface area contributed by atoms with Crippen LogP contribution in [0.3, 0.4) is 0 Å². The summed E-state index contributed by atoms with van der Waals surface area (Å²) in [7, 11) is 1.47. The van der Waals surface area contributed by atoms with E-state index in [9.17, 15) is 22.4 Å². The van der Waals surface area contributed by atoms with Crippen LogP contribution in [0, 0.1) is 5.41 Å². The van der Waals surface area contributed by atoms with Gasteiger partial charge in [-0.05, 0) is 12.1 Å². The summed E-state index contributed by atoms with van der Waals surface area (Å²) in [5, 5.41) is 7.68. The zero-order chi connectivity index (χ0) is 15.8. The normalized spacial score (nSPS) is 16.1. The fraction of sp³-hybridized carbons (Fsp3) is 0.333. The number of hydrogen-bond donors (Lipinski definition) is 1. The molecule has 0 aliphatic carbocycles. The van der Waals surface area contributed by atoms with Gasteiger partial charge in [0, 0.05) is 13.1 Å². The predicted octanol–water partition coefficient (Wildman–Crippen LogP) is 2.77. The third-order valence-corrected chi connectivity index (χ3v) is 2.76. The van der Waals surface area contributed by atoms with Gasteiger partial charge >= 0.3 is 18.6 Å². The summed E-state index contributed by atoms with van der Waals surface area (Å²) >= 11 is 0. The number of nitrogens with zero attached hydrogens (tertiary/aromatic N) is 2. The number of urea groups is 1. The Bertz CT molecular complexity index is 579. The van der Waals surface area contributed by atoms with Gasteiger partial charge in [0.2, 0.25) is 0 Å². The van der Waals surface area contributed by atoms with Gasteiger partial charge in [0.1, 0.15) is 11.6 Å².